The smallest absolute Gasteiger partial charge is 0.148 e. The molecular formula is C14H24N4. The first kappa shape index (κ1) is 13.3. The Morgan fingerprint density at radius 3 is 2.94 bits per heavy atom. The van der Waals surface area contributed by atoms with Gasteiger partial charge in [-0.3, -0.25) is 0 Å². The van der Waals surface area contributed by atoms with Crippen molar-refractivity contribution in [2.24, 2.45) is 5.92 Å². The van der Waals surface area contributed by atoms with Gasteiger partial charge in [0.1, 0.15) is 5.82 Å². The highest BCUT2D eigenvalue weighted by atomic mass is 15.2. The number of aryl methyl sites for hydroxylation is 2. The normalized spacial score (nSPS) is 20.9. The van der Waals surface area contributed by atoms with Gasteiger partial charge in [-0.1, -0.05) is 6.92 Å². The zero-order chi connectivity index (χ0) is 13.0. The number of hydrogen-bond donors (Lipinski definition) is 1. The lowest BCUT2D eigenvalue weighted by atomic mass is 10.0. The number of aromatic nitrogens is 2. The quantitative estimate of drug-likeness (QED) is 0.887. The van der Waals surface area contributed by atoms with E-state index in [2.05, 4.69) is 40.3 Å². The Labute approximate surface area is 110 Å². The molecule has 0 radical (unpaired) electrons. The second kappa shape index (κ2) is 6.14. The lowest BCUT2D eigenvalue weighted by Crippen LogP contribution is -2.37. The molecule has 1 fully saturated rings. The zero-order valence-corrected chi connectivity index (χ0v) is 11.7. The second-order valence-corrected chi connectivity index (χ2v) is 5.47. The summed E-state index contributed by atoms with van der Waals surface area (Å²) in [4.78, 5) is 2.54. The number of nitrogens with zero attached hydrogens (tertiary/aromatic N) is 3. The van der Waals surface area contributed by atoms with Crippen LogP contribution in [0, 0.1) is 19.8 Å². The van der Waals surface area contributed by atoms with E-state index >= 15 is 0 Å². The standard InChI is InChI=1S/C14H24N4/c1-11-5-4-7-18(10-11)8-6-15-14-9-12(2)13(3)16-17-14/h9,11H,4-8,10H2,1-3H3,(H,15,17). The number of piperidine rings is 1. The molecule has 1 aromatic heterocycles. The third-order valence-corrected chi connectivity index (χ3v) is 3.71. The number of anilines is 1. The van der Waals surface area contributed by atoms with Gasteiger partial charge in [-0.2, -0.15) is 5.10 Å². The molecule has 1 unspecified atom stereocenters. The molecule has 0 aliphatic carbocycles. The Morgan fingerprint density at radius 2 is 2.22 bits per heavy atom. The van der Waals surface area contributed by atoms with Crippen molar-refractivity contribution in [1.82, 2.24) is 15.1 Å². The van der Waals surface area contributed by atoms with Crippen LogP contribution in [0.4, 0.5) is 5.82 Å². The van der Waals surface area contributed by atoms with Crippen molar-refractivity contribution in [1.29, 1.82) is 0 Å². The zero-order valence-electron chi connectivity index (χ0n) is 11.7. The molecular weight excluding hydrogens is 224 g/mol. The van der Waals surface area contributed by atoms with Crippen molar-refractivity contribution in [2.75, 3.05) is 31.5 Å². The van der Waals surface area contributed by atoms with E-state index in [4.69, 9.17) is 0 Å². The molecule has 4 heteroatoms. The third-order valence-electron chi connectivity index (χ3n) is 3.71. The summed E-state index contributed by atoms with van der Waals surface area (Å²) in [5, 5.41) is 11.6. The fourth-order valence-electron chi connectivity index (χ4n) is 2.46. The van der Waals surface area contributed by atoms with Gasteiger partial charge in [-0.05, 0) is 50.8 Å². The summed E-state index contributed by atoms with van der Waals surface area (Å²) in [6, 6.07) is 2.07. The summed E-state index contributed by atoms with van der Waals surface area (Å²) in [5.41, 5.74) is 2.20. The average molecular weight is 248 g/mol. The van der Waals surface area contributed by atoms with Gasteiger partial charge in [0.25, 0.3) is 0 Å². The first-order valence-corrected chi connectivity index (χ1v) is 6.92. The molecule has 1 N–H and O–H groups in total. The van der Waals surface area contributed by atoms with Crippen LogP contribution >= 0.6 is 0 Å². The molecule has 2 heterocycles. The maximum absolute atomic E-state index is 4.16. The van der Waals surface area contributed by atoms with Crippen molar-refractivity contribution in [3.63, 3.8) is 0 Å². The topological polar surface area (TPSA) is 41.0 Å². The van der Waals surface area contributed by atoms with Gasteiger partial charge in [-0.25, -0.2) is 0 Å². The monoisotopic (exact) mass is 248 g/mol. The van der Waals surface area contributed by atoms with Crippen molar-refractivity contribution in [2.45, 2.75) is 33.6 Å². The molecule has 1 atom stereocenters. The number of rotatable bonds is 4. The molecule has 1 aromatic rings. The van der Waals surface area contributed by atoms with Crippen molar-refractivity contribution in [3.05, 3.63) is 17.3 Å². The van der Waals surface area contributed by atoms with Crippen LogP contribution in [0.1, 0.15) is 31.0 Å². The van der Waals surface area contributed by atoms with Crippen molar-refractivity contribution >= 4 is 5.82 Å². The molecule has 2 rings (SSSR count). The Morgan fingerprint density at radius 1 is 1.39 bits per heavy atom. The summed E-state index contributed by atoms with van der Waals surface area (Å²) >= 11 is 0. The van der Waals surface area contributed by atoms with Gasteiger partial charge in [0.2, 0.25) is 0 Å². The van der Waals surface area contributed by atoms with Crippen molar-refractivity contribution < 1.29 is 0 Å². The maximum atomic E-state index is 4.16. The van der Waals surface area contributed by atoms with Gasteiger partial charge in [0.15, 0.2) is 0 Å². The number of hydrogen-bond acceptors (Lipinski definition) is 4. The van der Waals surface area contributed by atoms with E-state index in [1.807, 2.05) is 6.92 Å². The molecule has 0 aromatic carbocycles. The average Bonchev–Trinajstić information content (AvgIpc) is 2.34. The first-order valence-electron chi connectivity index (χ1n) is 6.92. The minimum absolute atomic E-state index is 0.847. The predicted molar refractivity (Wildman–Crippen MR) is 74.8 cm³/mol. The lowest BCUT2D eigenvalue weighted by molar-refractivity contribution is 0.190. The van der Waals surface area contributed by atoms with Crippen LogP contribution in [0.2, 0.25) is 0 Å². The third kappa shape index (κ3) is 3.67. The van der Waals surface area contributed by atoms with Gasteiger partial charge in [0.05, 0.1) is 5.69 Å². The van der Waals surface area contributed by atoms with E-state index in [1.165, 1.54) is 31.5 Å². The van der Waals surface area contributed by atoms with E-state index in [9.17, 15) is 0 Å². The molecule has 0 amide bonds. The summed E-state index contributed by atoms with van der Waals surface area (Å²) in [5.74, 6) is 1.74. The largest absolute Gasteiger partial charge is 0.367 e. The van der Waals surface area contributed by atoms with Gasteiger partial charge in [-0.15, -0.1) is 5.10 Å². The molecule has 1 aliphatic heterocycles. The molecule has 0 spiro atoms. The van der Waals surface area contributed by atoms with Crippen LogP contribution in [0.15, 0.2) is 6.07 Å². The van der Waals surface area contributed by atoms with Crippen molar-refractivity contribution in [3.8, 4) is 0 Å². The Hall–Kier alpha value is -1.16. The highest BCUT2D eigenvalue weighted by Crippen LogP contribution is 2.15. The van der Waals surface area contributed by atoms with Crippen LogP contribution in [-0.2, 0) is 0 Å². The van der Waals surface area contributed by atoms with E-state index in [0.717, 1.165) is 30.5 Å². The van der Waals surface area contributed by atoms with Gasteiger partial charge >= 0.3 is 0 Å². The first-order chi connectivity index (χ1) is 8.65. The Balaban J connectivity index is 1.76. The molecule has 18 heavy (non-hydrogen) atoms. The van der Waals surface area contributed by atoms with Crippen LogP contribution in [0.3, 0.4) is 0 Å². The summed E-state index contributed by atoms with van der Waals surface area (Å²) in [6.07, 6.45) is 2.72. The molecule has 1 aliphatic rings. The lowest BCUT2D eigenvalue weighted by Gasteiger charge is -2.30. The summed E-state index contributed by atoms with van der Waals surface area (Å²) < 4.78 is 0. The van der Waals surface area contributed by atoms with E-state index in [0.29, 0.717) is 0 Å². The van der Waals surface area contributed by atoms with Crippen LogP contribution in [-0.4, -0.2) is 41.3 Å². The van der Waals surface area contributed by atoms with E-state index in [-0.39, 0.29) is 0 Å². The van der Waals surface area contributed by atoms with Crippen LogP contribution in [0.25, 0.3) is 0 Å². The summed E-state index contributed by atoms with van der Waals surface area (Å²) in [7, 11) is 0. The van der Waals surface area contributed by atoms with E-state index in [1.54, 1.807) is 0 Å². The van der Waals surface area contributed by atoms with Crippen LogP contribution in [0.5, 0.6) is 0 Å². The molecule has 100 valence electrons. The predicted octanol–water partition coefficient (Wildman–Crippen LogP) is 2.24. The summed E-state index contributed by atoms with van der Waals surface area (Å²) in [6.45, 7) is 10.9. The maximum Gasteiger partial charge on any atom is 0.148 e. The van der Waals surface area contributed by atoms with Gasteiger partial charge in [0, 0.05) is 19.6 Å². The minimum Gasteiger partial charge on any atom is -0.367 e. The van der Waals surface area contributed by atoms with Gasteiger partial charge < -0.3 is 10.2 Å². The second-order valence-electron chi connectivity index (χ2n) is 5.47. The number of nitrogens with one attached hydrogen (secondary N) is 1. The highest BCUT2D eigenvalue weighted by Gasteiger charge is 2.15. The molecule has 4 nitrogen and oxygen atoms in total. The highest BCUT2D eigenvalue weighted by molar-refractivity contribution is 5.37. The fraction of sp³-hybridized carbons (Fsp3) is 0.714. The molecule has 1 saturated heterocycles. The SMILES string of the molecule is Cc1cc(NCCN2CCCC(C)C2)nnc1C. The molecule has 0 bridgehead atoms. The molecule has 0 saturated carbocycles. The Bertz CT molecular complexity index is 391. The fourth-order valence-corrected chi connectivity index (χ4v) is 2.46. The number of likely N-dealkylation sites (tertiary alicyclic amines) is 1. The Kier molecular flexibility index (Phi) is 4.53. The van der Waals surface area contributed by atoms with Crippen LogP contribution < -0.4 is 5.32 Å². The minimum atomic E-state index is 0.847. The van der Waals surface area contributed by atoms with E-state index < -0.39 is 0 Å².